The molecule has 1 aromatic carbocycles. The van der Waals surface area contributed by atoms with Crippen LogP contribution in [0.4, 0.5) is 4.39 Å². The molecule has 0 N–H and O–H groups in total. The van der Waals surface area contributed by atoms with E-state index in [2.05, 4.69) is 4.74 Å². The number of methoxy groups -OCH3 is 1. The maximum Gasteiger partial charge on any atom is 0.337 e. The summed E-state index contributed by atoms with van der Waals surface area (Å²) in [7, 11) is 1.25. The van der Waals surface area contributed by atoms with Crippen LogP contribution in [0, 0.1) is 5.82 Å². The summed E-state index contributed by atoms with van der Waals surface area (Å²) >= 11 is 5.45. The third-order valence-corrected chi connectivity index (χ3v) is 1.92. The average molecular weight is 229 g/mol. The van der Waals surface area contributed by atoms with E-state index in [1.54, 1.807) is 12.2 Å². The lowest BCUT2D eigenvalue weighted by molar-refractivity contribution is 0.0600. The number of alkyl halides is 1. The molecule has 0 bridgehead atoms. The molecule has 0 aliphatic rings. The molecule has 0 aromatic heterocycles. The predicted octanol–water partition coefficient (Wildman–Crippen LogP) is 2.86. The van der Waals surface area contributed by atoms with E-state index in [0.717, 1.165) is 6.07 Å². The molecule has 0 fully saturated rings. The zero-order valence-corrected chi connectivity index (χ0v) is 8.92. The molecule has 0 radical (unpaired) electrons. The largest absolute Gasteiger partial charge is 0.465 e. The van der Waals surface area contributed by atoms with Gasteiger partial charge in [0, 0.05) is 5.88 Å². The maximum absolute atomic E-state index is 13.1. The van der Waals surface area contributed by atoms with Gasteiger partial charge in [0.2, 0.25) is 0 Å². The Hall–Kier alpha value is -1.35. The summed E-state index contributed by atoms with van der Waals surface area (Å²) in [5, 5.41) is 0. The molecule has 0 unspecified atom stereocenters. The smallest absolute Gasteiger partial charge is 0.337 e. The van der Waals surface area contributed by atoms with Gasteiger partial charge in [0.25, 0.3) is 0 Å². The van der Waals surface area contributed by atoms with Gasteiger partial charge in [-0.3, -0.25) is 0 Å². The second kappa shape index (κ2) is 5.51. The topological polar surface area (TPSA) is 26.3 Å². The van der Waals surface area contributed by atoms with Gasteiger partial charge in [0.05, 0.1) is 12.7 Å². The minimum atomic E-state index is -0.560. The summed E-state index contributed by atoms with van der Waals surface area (Å²) in [5.41, 5.74) is 0.766. The molecule has 80 valence electrons. The molecule has 4 heteroatoms. The molecule has 0 saturated carbocycles. The van der Waals surface area contributed by atoms with Crippen LogP contribution in [-0.4, -0.2) is 19.0 Å². The highest BCUT2D eigenvalue weighted by atomic mass is 35.5. The van der Waals surface area contributed by atoms with Crippen molar-refractivity contribution in [3.63, 3.8) is 0 Å². The van der Waals surface area contributed by atoms with E-state index >= 15 is 0 Å². The molecular weight excluding hydrogens is 219 g/mol. The molecule has 1 rings (SSSR count). The molecule has 15 heavy (non-hydrogen) atoms. The minimum Gasteiger partial charge on any atom is -0.465 e. The first-order chi connectivity index (χ1) is 7.17. The first-order valence-electron chi connectivity index (χ1n) is 4.29. The van der Waals surface area contributed by atoms with Gasteiger partial charge in [0.15, 0.2) is 0 Å². The third-order valence-electron chi connectivity index (χ3n) is 1.74. The zero-order valence-electron chi connectivity index (χ0n) is 8.17. The molecule has 0 spiro atoms. The fraction of sp³-hybridized carbons (Fsp3) is 0.182. The van der Waals surface area contributed by atoms with Gasteiger partial charge in [-0.25, -0.2) is 9.18 Å². The lowest BCUT2D eigenvalue weighted by atomic mass is 10.1. The minimum absolute atomic E-state index is 0.187. The van der Waals surface area contributed by atoms with Crippen molar-refractivity contribution >= 4 is 23.6 Å². The van der Waals surface area contributed by atoms with Gasteiger partial charge in [-0.05, 0) is 23.8 Å². The van der Waals surface area contributed by atoms with Crippen LogP contribution < -0.4 is 0 Å². The quantitative estimate of drug-likeness (QED) is 0.587. The number of ether oxygens (including phenoxy) is 1. The number of hydrogen-bond donors (Lipinski definition) is 0. The Morgan fingerprint density at radius 1 is 1.53 bits per heavy atom. The van der Waals surface area contributed by atoms with Crippen LogP contribution in [0.5, 0.6) is 0 Å². The fourth-order valence-corrected chi connectivity index (χ4v) is 1.21. The van der Waals surface area contributed by atoms with Crippen molar-refractivity contribution in [3.8, 4) is 0 Å². The molecule has 0 atom stereocenters. The van der Waals surface area contributed by atoms with E-state index in [1.807, 2.05) is 0 Å². The standard InChI is InChI=1S/C11H10ClFO2/c1-15-11(14)9-5-8(3-2-4-12)6-10(13)7-9/h2-3,5-7H,4H2,1H3. The summed E-state index contributed by atoms with van der Waals surface area (Å²) in [6.45, 7) is 0. The molecule has 0 saturated heterocycles. The van der Waals surface area contributed by atoms with Gasteiger partial charge in [-0.15, -0.1) is 11.6 Å². The van der Waals surface area contributed by atoms with Gasteiger partial charge in [0.1, 0.15) is 5.82 Å². The van der Waals surface area contributed by atoms with E-state index in [4.69, 9.17) is 11.6 Å². The Morgan fingerprint density at radius 3 is 2.87 bits per heavy atom. The summed E-state index contributed by atoms with van der Waals surface area (Å²) in [5.74, 6) is -0.702. The summed E-state index contributed by atoms with van der Waals surface area (Å²) in [6.07, 6.45) is 3.31. The van der Waals surface area contributed by atoms with Crippen molar-refractivity contribution < 1.29 is 13.9 Å². The van der Waals surface area contributed by atoms with Crippen molar-refractivity contribution in [1.29, 1.82) is 0 Å². The summed E-state index contributed by atoms with van der Waals surface area (Å²) in [6, 6.07) is 3.98. The van der Waals surface area contributed by atoms with Crippen LogP contribution >= 0.6 is 11.6 Å². The second-order valence-corrected chi connectivity index (χ2v) is 3.13. The first-order valence-corrected chi connectivity index (χ1v) is 4.82. The molecule has 0 heterocycles. The maximum atomic E-state index is 13.1. The Labute approximate surface area is 92.3 Å². The van der Waals surface area contributed by atoms with Crippen molar-refractivity contribution in [3.05, 3.63) is 41.2 Å². The van der Waals surface area contributed by atoms with Crippen molar-refractivity contribution in [2.45, 2.75) is 0 Å². The highest BCUT2D eigenvalue weighted by Gasteiger charge is 2.07. The van der Waals surface area contributed by atoms with E-state index in [-0.39, 0.29) is 5.56 Å². The molecule has 0 aliphatic heterocycles. The number of halogens is 2. The van der Waals surface area contributed by atoms with Crippen LogP contribution in [0.25, 0.3) is 6.08 Å². The van der Waals surface area contributed by atoms with Crippen LogP contribution in [0.3, 0.4) is 0 Å². The first kappa shape index (κ1) is 11.7. The fourth-order valence-electron chi connectivity index (χ4n) is 1.12. The van der Waals surface area contributed by atoms with E-state index < -0.39 is 11.8 Å². The van der Waals surface area contributed by atoms with Crippen LogP contribution in [0.2, 0.25) is 0 Å². The van der Waals surface area contributed by atoms with Gasteiger partial charge in [-0.1, -0.05) is 12.2 Å². The van der Waals surface area contributed by atoms with Gasteiger partial charge >= 0.3 is 5.97 Å². The van der Waals surface area contributed by atoms with Crippen LogP contribution in [0.15, 0.2) is 24.3 Å². The van der Waals surface area contributed by atoms with Crippen molar-refractivity contribution in [2.24, 2.45) is 0 Å². The number of benzene rings is 1. The van der Waals surface area contributed by atoms with Gasteiger partial charge < -0.3 is 4.74 Å². The van der Waals surface area contributed by atoms with E-state index in [1.165, 1.54) is 19.2 Å². The number of carbonyl (C=O) groups excluding carboxylic acids is 1. The lowest BCUT2D eigenvalue weighted by Crippen LogP contribution is -2.02. The van der Waals surface area contributed by atoms with Gasteiger partial charge in [-0.2, -0.15) is 0 Å². The van der Waals surface area contributed by atoms with Crippen molar-refractivity contribution in [1.82, 2.24) is 0 Å². The number of hydrogen-bond acceptors (Lipinski definition) is 2. The van der Waals surface area contributed by atoms with Crippen molar-refractivity contribution in [2.75, 3.05) is 13.0 Å². The highest BCUT2D eigenvalue weighted by molar-refractivity contribution is 6.19. The zero-order chi connectivity index (χ0) is 11.3. The van der Waals surface area contributed by atoms with E-state index in [9.17, 15) is 9.18 Å². The molecule has 0 aliphatic carbocycles. The molecule has 0 amide bonds. The Kier molecular flexibility index (Phi) is 4.31. The Balaban J connectivity index is 3.05. The SMILES string of the molecule is COC(=O)c1cc(F)cc(C=CCCl)c1. The van der Waals surface area contributed by atoms with E-state index in [0.29, 0.717) is 11.4 Å². The number of rotatable bonds is 3. The highest BCUT2D eigenvalue weighted by Crippen LogP contribution is 2.12. The summed E-state index contributed by atoms with van der Waals surface area (Å²) < 4.78 is 17.6. The predicted molar refractivity (Wildman–Crippen MR) is 57.5 cm³/mol. The number of carbonyl (C=O) groups is 1. The Morgan fingerprint density at radius 2 is 2.27 bits per heavy atom. The third kappa shape index (κ3) is 3.36. The van der Waals surface area contributed by atoms with Crippen LogP contribution in [0.1, 0.15) is 15.9 Å². The monoisotopic (exact) mass is 228 g/mol. The lowest BCUT2D eigenvalue weighted by Gasteiger charge is -2.01. The number of allylic oxidation sites excluding steroid dienone is 1. The second-order valence-electron chi connectivity index (χ2n) is 2.82. The van der Waals surface area contributed by atoms with Crippen LogP contribution in [-0.2, 0) is 4.74 Å². The summed E-state index contributed by atoms with van der Waals surface area (Å²) in [4.78, 5) is 11.2. The normalized spacial score (nSPS) is 10.6. The Bertz CT molecular complexity index is 388. The number of esters is 1. The molecule has 1 aromatic rings. The molecule has 2 nitrogen and oxygen atoms in total. The average Bonchev–Trinajstić information content (AvgIpc) is 2.24. The molecular formula is C11H10ClFO2.